The minimum absolute atomic E-state index is 0.0567. The van der Waals surface area contributed by atoms with Gasteiger partial charge in [0.1, 0.15) is 5.75 Å². The number of hydrogen-bond donors (Lipinski definition) is 0. The van der Waals surface area contributed by atoms with E-state index in [-0.39, 0.29) is 43.7 Å². The van der Waals surface area contributed by atoms with Crippen LogP contribution in [-0.4, -0.2) is 41.5 Å². The molecule has 2 aromatic rings. The van der Waals surface area contributed by atoms with Gasteiger partial charge in [0.2, 0.25) is 0 Å². The summed E-state index contributed by atoms with van der Waals surface area (Å²) in [7, 11) is 0. The van der Waals surface area contributed by atoms with Gasteiger partial charge in [0.15, 0.2) is 6.61 Å². The second-order valence-electron chi connectivity index (χ2n) is 5.90. The average molecular weight is 386 g/mol. The summed E-state index contributed by atoms with van der Waals surface area (Å²) < 4.78 is 10.4. The molecule has 0 saturated heterocycles. The van der Waals surface area contributed by atoms with Crippen LogP contribution in [0, 0.1) is 10.1 Å². The zero-order valence-electron chi connectivity index (χ0n) is 15.6. The minimum atomic E-state index is -0.508. The summed E-state index contributed by atoms with van der Waals surface area (Å²) in [5, 5.41) is 10.7. The molecule has 148 valence electrons. The number of ether oxygens (including phenoxy) is 2. The van der Waals surface area contributed by atoms with Crippen molar-refractivity contribution < 1.29 is 24.0 Å². The Morgan fingerprint density at radius 3 is 2.36 bits per heavy atom. The number of non-ortho nitro benzene ring substituents is 1. The fourth-order valence-electron chi connectivity index (χ4n) is 2.46. The number of amides is 1. The largest absolute Gasteiger partial charge is 0.484 e. The third-order valence-corrected chi connectivity index (χ3v) is 3.87. The van der Waals surface area contributed by atoms with Crippen LogP contribution in [0.4, 0.5) is 5.69 Å². The smallest absolute Gasteiger partial charge is 0.307 e. The first-order valence-electron chi connectivity index (χ1n) is 8.84. The van der Waals surface area contributed by atoms with E-state index in [2.05, 4.69) is 0 Å². The van der Waals surface area contributed by atoms with Crippen LogP contribution in [-0.2, 0) is 20.9 Å². The van der Waals surface area contributed by atoms with Gasteiger partial charge in [0.25, 0.3) is 11.6 Å². The van der Waals surface area contributed by atoms with Gasteiger partial charge < -0.3 is 14.4 Å². The fourth-order valence-corrected chi connectivity index (χ4v) is 2.46. The Labute approximate surface area is 162 Å². The number of hydrogen-bond acceptors (Lipinski definition) is 6. The molecule has 8 heteroatoms. The number of carbonyl (C=O) groups excluding carboxylic acids is 2. The lowest BCUT2D eigenvalue weighted by molar-refractivity contribution is -0.384. The van der Waals surface area contributed by atoms with Crippen molar-refractivity contribution in [2.45, 2.75) is 19.9 Å². The van der Waals surface area contributed by atoms with Crippen LogP contribution < -0.4 is 4.74 Å². The van der Waals surface area contributed by atoms with Gasteiger partial charge in [0.05, 0.1) is 18.0 Å². The van der Waals surface area contributed by atoms with E-state index in [0.717, 1.165) is 5.56 Å². The summed E-state index contributed by atoms with van der Waals surface area (Å²) >= 11 is 0. The van der Waals surface area contributed by atoms with Gasteiger partial charge in [-0.15, -0.1) is 0 Å². The number of rotatable bonds is 10. The zero-order chi connectivity index (χ0) is 20.4. The summed E-state index contributed by atoms with van der Waals surface area (Å²) in [4.78, 5) is 35.9. The van der Waals surface area contributed by atoms with Gasteiger partial charge in [-0.1, -0.05) is 30.3 Å². The Kier molecular flexibility index (Phi) is 7.95. The van der Waals surface area contributed by atoms with Crippen molar-refractivity contribution in [3.8, 4) is 5.75 Å². The fraction of sp³-hybridized carbons (Fsp3) is 0.300. The van der Waals surface area contributed by atoms with Crippen molar-refractivity contribution in [3.63, 3.8) is 0 Å². The third-order valence-electron chi connectivity index (χ3n) is 3.87. The van der Waals surface area contributed by atoms with Crippen molar-refractivity contribution in [3.05, 3.63) is 70.3 Å². The molecule has 0 fully saturated rings. The monoisotopic (exact) mass is 386 g/mol. The van der Waals surface area contributed by atoms with Crippen molar-refractivity contribution in [1.29, 1.82) is 0 Å². The van der Waals surface area contributed by atoms with Crippen molar-refractivity contribution in [2.24, 2.45) is 0 Å². The number of benzene rings is 2. The zero-order valence-corrected chi connectivity index (χ0v) is 15.6. The first-order chi connectivity index (χ1) is 13.5. The second-order valence-corrected chi connectivity index (χ2v) is 5.90. The molecule has 0 unspecified atom stereocenters. The maximum Gasteiger partial charge on any atom is 0.307 e. The molecular weight excluding hydrogens is 364 g/mol. The molecule has 0 N–H and O–H groups in total. The van der Waals surface area contributed by atoms with Gasteiger partial charge >= 0.3 is 5.97 Å². The highest BCUT2D eigenvalue weighted by Gasteiger charge is 2.17. The highest BCUT2D eigenvalue weighted by atomic mass is 16.6. The molecule has 0 heterocycles. The van der Waals surface area contributed by atoms with Gasteiger partial charge in [-0.25, -0.2) is 0 Å². The van der Waals surface area contributed by atoms with E-state index in [1.807, 2.05) is 30.3 Å². The topological polar surface area (TPSA) is 99.0 Å². The molecular formula is C20H22N2O6. The maximum atomic E-state index is 12.6. The molecule has 28 heavy (non-hydrogen) atoms. The number of nitro groups is 1. The van der Waals surface area contributed by atoms with Crippen molar-refractivity contribution >= 4 is 17.6 Å². The molecule has 0 bridgehead atoms. The first-order valence-corrected chi connectivity index (χ1v) is 8.84. The molecule has 0 saturated carbocycles. The summed E-state index contributed by atoms with van der Waals surface area (Å²) in [6.45, 7) is 2.31. The van der Waals surface area contributed by atoms with Crippen LogP contribution in [0.25, 0.3) is 0 Å². The van der Waals surface area contributed by atoms with Gasteiger partial charge in [-0.3, -0.25) is 19.7 Å². The maximum absolute atomic E-state index is 12.6. The molecule has 2 rings (SSSR count). The number of nitrogens with zero attached hydrogens (tertiary/aromatic N) is 2. The summed E-state index contributed by atoms with van der Waals surface area (Å²) in [5.41, 5.74) is 0.869. The molecule has 8 nitrogen and oxygen atoms in total. The van der Waals surface area contributed by atoms with Crippen LogP contribution in [0.5, 0.6) is 5.75 Å². The Balaban J connectivity index is 1.98. The lowest BCUT2D eigenvalue weighted by Crippen LogP contribution is -2.36. The third kappa shape index (κ3) is 6.71. The molecule has 0 aromatic heterocycles. The SMILES string of the molecule is CCOC(=O)CCN(Cc1ccccc1)C(=O)COc1ccc([N+](=O)[O-])cc1. The Hall–Kier alpha value is -3.42. The highest BCUT2D eigenvalue weighted by molar-refractivity contribution is 5.78. The lowest BCUT2D eigenvalue weighted by atomic mass is 10.2. The lowest BCUT2D eigenvalue weighted by Gasteiger charge is -2.22. The van der Waals surface area contributed by atoms with Crippen LogP contribution in [0.1, 0.15) is 18.9 Å². The standard InChI is InChI=1S/C20H22N2O6/c1-2-27-20(24)12-13-21(14-16-6-4-3-5-7-16)19(23)15-28-18-10-8-17(9-11-18)22(25)26/h3-11H,2,12-15H2,1H3. The predicted octanol–water partition coefficient (Wildman–Crippen LogP) is 2.96. The molecule has 0 atom stereocenters. The van der Waals surface area contributed by atoms with Crippen molar-refractivity contribution in [1.82, 2.24) is 4.90 Å². The Morgan fingerprint density at radius 1 is 1.07 bits per heavy atom. The quantitative estimate of drug-likeness (QED) is 0.354. The number of carbonyl (C=O) groups is 2. The van der Waals surface area contributed by atoms with E-state index in [4.69, 9.17) is 9.47 Å². The predicted molar refractivity (Wildman–Crippen MR) is 102 cm³/mol. The molecule has 0 spiro atoms. The number of nitro benzene ring substituents is 1. The van der Waals surface area contributed by atoms with Crippen LogP contribution in [0.3, 0.4) is 0 Å². The molecule has 1 amide bonds. The summed E-state index contributed by atoms with van der Waals surface area (Å²) in [6, 6.07) is 14.9. The van der Waals surface area contributed by atoms with Crippen molar-refractivity contribution in [2.75, 3.05) is 19.8 Å². The van der Waals surface area contributed by atoms with E-state index in [0.29, 0.717) is 12.3 Å². The molecule has 0 aliphatic carbocycles. The Bertz CT molecular complexity index is 792. The van der Waals surface area contributed by atoms with E-state index < -0.39 is 4.92 Å². The normalized spacial score (nSPS) is 10.2. The van der Waals surface area contributed by atoms with Gasteiger partial charge in [0, 0.05) is 25.2 Å². The highest BCUT2D eigenvalue weighted by Crippen LogP contribution is 2.17. The van der Waals surface area contributed by atoms with E-state index >= 15 is 0 Å². The molecule has 0 aliphatic rings. The van der Waals surface area contributed by atoms with Gasteiger partial charge in [-0.2, -0.15) is 0 Å². The van der Waals surface area contributed by atoms with Crippen LogP contribution in [0.15, 0.2) is 54.6 Å². The molecule has 2 aromatic carbocycles. The molecule has 0 radical (unpaired) electrons. The van der Waals surface area contributed by atoms with Crippen LogP contribution >= 0.6 is 0 Å². The van der Waals surface area contributed by atoms with Gasteiger partial charge in [-0.05, 0) is 24.6 Å². The van der Waals surface area contributed by atoms with E-state index in [1.165, 1.54) is 29.2 Å². The minimum Gasteiger partial charge on any atom is -0.484 e. The second kappa shape index (κ2) is 10.7. The van der Waals surface area contributed by atoms with Crippen LogP contribution in [0.2, 0.25) is 0 Å². The average Bonchev–Trinajstić information content (AvgIpc) is 2.70. The Morgan fingerprint density at radius 2 is 1.75 bits per heavy atom. The first kappa shape index (κ1) is 20.9. The number of esters is 1. The summed E-state index contributed by atoms with van der Waals surface area (Å²) in [5.74, 6) is -0.319. The van der Waals surface area contributed by atoms with E-state index in [1.54, 1.807) is 6.92 Å². The molecule has 0 aliphatic heterocycles. The summed E-state index contributed by atoms with van der Waals surface area (Å²) in [6.07, 6.45) is 0.0872. The van der Waals surface area contributed by atoms with E-state index in [9.17, 15) is 19.7 Å².